The number of rotatable bonds is 8. The van der Waals surface area contributed by atoms with Crippen LogP contribution in [0.15, 0.2) is 24.3 Å². The highest BCUT2D eigenvalue weighted by molar-refractivity contribution is 5.95. The molecule has 1 aromatic rings. The average Bonchev–Trinajstić information content (AvgIpc) is 2.55. The van der Waals surface area contributed by atoms with Crippen molar-refractivity contribution in [3.8, 4) is 5.75 Å². The minimum Gasteiger partial charge on any atom is -0.494 e. The zero-order valence-corrected chi connectivity index (χ0v) is 16.8. The first-order chi connectivity index (χ1) is 12.6. The monoisotopic (exact) mass is 378 g/mol. The molecule has 150 valence electrons. The lowest BCUT2D eigenvalue weighted by molar-refractivity contribution is -0.148. The summed E-state index contributed by atoms with van der Waals surface area (Å²) in [7, 11) is 0. The van der Waals surface area contributed by atoms with E-state index in [9.17, 15) is 14.4 Å². The maximum Gasteiger partial charge on any atom is 0.321 e. The molecule has 0 saturated carbocycles. The van der Waals surface area contributed by atoms with Crippen molar-refractivity contribution in [1.29, 1.82) is 0 Å². The quantitative estimate of drug-likeness (QED) is 0.536. The first-order valence-electron chi connectivity index (χ1n) is 9.07. The summed E-state index contributed by atoms with van der Waals surface area (Å²) in [5.74, 6) is -0.440. The Bertz CT molecular complexity index is 633. The Kier molecular flexibility index (Phi) is 8.78. The minimum absolute atomic E-state index is 0.0873. The molecule has 0 aliphatic rings. The number of ether oxygens (including phenoxy) is 2. The molecule has 0 aliphatic heterocycles. The summed E-state index contributed by atoms with van der Waals surface area (Å²) in [5.41, 5.74) is 1.31. The van der Waals surface area contributed by atoms with E-state index in [2.05, 4.69) is 31.4 Å². The molecule has 27 heavy (non-hydrogen) atoms. The fraction of sp³-hybridized carbons (Fsp3) is 0.550. The molecule has 0 aliphatic carbocycles. The van der Waals surface area contributed by atoms with Gasteiger partial charge in [0.25, 0.3) is 5.91 Å². The normalized spacial score (nSPS) is 11.0. The predicted octanol–water partition coefficient (Wildman–Crippen LogP) is 2.92. The van der Waals surface area contributed by atoms with Gasteiger partial charge in [-0.15, -0.1) is 0 Å². The highest BCUT2D eigenvalue weighted by Crippen LogP contribution is 2.24. The third-order valence-corrected chi connectivity index (χ3v) is 3.55. The standard InChI is InChI=1S/C20H30N2O5/c1-14(2)21-19(25)22-17(23)13-27-18(24)7-6-12-26-16-10-8-15(9-11-16)20(3,4)5/h8-11,14H,6-7,12-13H2,1-5H3,(H2,21,22,23,25). The van der Waals surface area contributed by atoms with Gasteiger partial charge in [0.1, 0.15) is 5.75 Å². The largest absolute Gasteiger partial charge is 0.494 e. The average molecular weight is 378 g/mol. The Hall–Kier alpha value is -2.57. The molecule has 7 heteroatoms. The molecule has 0 aromatic heterocycles. The zero-order chi connectivity index (χ0) is 20.4. The number of imide groups is 1. The van der Waals surface area contributed by atoms with E-state index >= 15 is 0 Å². The van der Waals surface area contributed by atoms with Crippen LogP contribution in [0.3, 0.4) is 0 Å². The highest BCUT2D eigenvalue weighted by Gasteiger charge is 2.13. The van der Waals surface area contributed by atoms with Gasteiger partial charge in [0.15, 0.2) is 6.61 Å². The molecule has 1 rings (SSSR count). The summed E-state index contributed by atoms with van der Waals surface area (Å²) in [5, 5.41) is 4.58. The summed E-state index contributed by atoms with van der Waals surface area (Å²) in [4.78, 5) is 34.4. The molecule has 0 atom stereocenters. The van der Waals surface area contributed by atoms with E-state index in [1.165, 1.54) is 5.56 Å². The van der Waals surface area contributed by atoms with Crippen LogP contribution in [0.5, 0.6) is 5.75 Å². The second-order valence-electron chi connectivity index (χ2n) is 7.56. The van der Waals surface area contributed by atoms with Crippen molar-refractivity contribution in [3.05, 3.63) is 29.8 Å². The number of hydrogen-bond donors (Lipinski definition) is 2. The molecule has 7 nitrogen and oxygen atoms in total. The first kappa shape index (κ1) is 22.5. The molecule has 0 spiro atoms. The second-order valence-corrected chi connectivity index (χ2v) is 7.56. The number of urea groups is 1. The van der Waals surface area contributed by atoms with Gasteiger partial charge in [-0.3, -0.25) is 14.9 Å². The molecule has 0 heterocycles. The van der Waals surface area contributed by atoms with Crippen LogP contribution in [-0.4, -0.2) is 37.2 Å². The predicted molar refractivity (Wildman–Crippen MR) is 103 cm³/mol. The van der Waals surface area contributed by atoms with Crippen LogP contribution in [-0.2, 0) is 19.7 Å². The van der Waals surface area contributed by atoms with Crippen molar-refractivity contribution >= 4 is 17.9 Å². The van der Waals surface area contributed by atoms with E-state index in [4.69, 9.17) is 9.47 Å². The summed E-state index contributed by atoms with van der Waals surface area (Å²) < 4.78 is 10.4. The zero-order valence-electron chi connectivity index (χ0n) is 16.8. The first-order valence-corrected chi connectivity index (χ1v) is 9.07. The maximum atomic E-state index is 11.6. The molecule has 2 N–H and O–H groups in total. The lowest BCUT2D eigenvalue weighted by Crippen LogP contribution is -2.44. The van der Waals surface area contributed by atoms with Crippen LogP contribution in [0.2, 0.25) is 0 Å². The van der Waals surface area contributed by atoms with E-state index < -0.39 is 24.5 Å². The Morgan fingerprint density at radius 2 is 1.70 bits per heavy atom. The number of carbonyl (C=O) groups excluding carboxylic acids is 3. The third-order valence-electron chi connectivity index (χ3n) is 3.55. The smallest absolute Gasteiger partial charge is 0.321 e. The van der Waals surface area contributed by atoms with Crippen LogP contribution in [0.25, 0.3) is 0 Å². The second kappa shape index (κ2) is 10.5. The van der Waals surface area contributed by atoms with Crippen LogP contribution in [0, 0.1) is 0 Å². The SMILES string of the molecule is CC(C)NC(=O)NC(=O)COC(=O)CCCOc1ccc(C(C)(C)C)cc1. The molecular formula is C20H30N2O5. The summed E-state index contributed by atoms with van der Waals surface area (Å²) in [6, 6.07) is 7.16. The number of benzene rings is 1. The van der Waals surface area contributed by atoms with E-state index in [-0.39, 0.29) is 17.9 Å². The van der Waals surface area contributed by atoms with Crippen LogP contribution in [0.4, 0.5) is 4.79 Å². The van der Waals surface area contributed by atoms with Gasteiger partial charge in [0.2, 0.25) is 0 Å². The lowest BCUT2D eigenvalue weighted by Gasteiger charge is -2.19. The molecule has 0 fully saturated rings. The summed E-state index contributed by atoms with van der Waals surface area (Å²) >= 11 is 0. The van der Waals surface area contributed by atoms with Gasteiger partial charge in [-0.2, -0.15) is 0 Å². The number of carbonyl (C=O) groups is 3. The fourth-order valence-corrected chi connectivity index (χ4v) is 2.14. The van der Waals surface area contributed by atoms with Gasteiger partial charge in [-0.25, -0.2) is 4.79 Å². The topological polar surface area (TPSA) is 93.7 Å². The van der Waals surface area contributed by atoms with Crippen LogP contribution in [0.1, 0.15) is 53.0 Å². The Morgan fingerprint density at radius 3 is 2.26 bits per heavy atom. The number of hydrogen-bond acceptors (Lipinski definition) is 5. The molecule has 0 saturated heterocycles. The molecular weight excluding hydrogens is 348 g/mol. The van der Waals surface area contributed by atoms with Gasteiger partial charge < -0.3 is 14.8 Å². The maximum absolute atomic E-state index is 11.6. The molecule has 1 aromatic carbocycles. The van der Waals surface area contributed by atoms with Crippen molar-refractivity contribution in [1.82, 2.24) is 10.6 Å². The van der Waals surface area contributed by atoms with E-state index in [0.29, 0.717) is 13.0 Å². The van der Waals surface area contributed by atoms with Gasteiger partial charge in [0, 0.05) is 12.5 Å². The number of esters is 1. The van der Waals surface area contributed by atoms with E-state index in [0.717, 1.165) is 5.75 Å². The molecule has 0 radical (unpaired) electrons. The van der Waals surface area contributed by atoms with Crippen molar-refractivity contribution in [2.45, 2.75) is 58.9 Å². The van der Waals surface area contributed by atoms with Crippen LogP contribution >= 0.6 is 0 Å². The van der Waals surface area contributed by atoms with Crippen molar-refractivity contribution in [2.24, 2.45) is 0 Å². The highest BCUT2D eigenvalue weighted by atomic mass is 16.5. The molecule has 0 bridgehead atoms. The summed E-state index contributed by atoms with van der Waals surface area (Å²) in [6.07, 6.45) is 0.598. The minimum atomic E-state index is -0.670. The van der Waals surface area contributed by atoms with Crippen molar-refractivity contribution in [3.63, 3.8) is 0 Å². The van der Waals surface area contributed by atoms with Gasteiger partial charge >= 0.3 is 12.0 Å². The Morgan fingerprint density at radius 1 is 1.07 bits per heavy atom. The number of nitrogens with one attached hydrogen (secondary N) is 2. The van der Waals surface area contributed by atoms with Crippen molar-refractivity contribution in [2.75, 3.05) is 13.2 Å². The summed E-state index contributed by atoms with van der Waals surface area (Å²) in [6.45, 7) is 9.85. The molecule has 3 amide bonds. The van der Waals surface area contributed by atoms with E-state index in [1.54, 1.807) is 13.8 Å². The Balaban J connectivity index is 2.20. The fourth-order valence-electron chi connectivity index (χ4n) is 2.14. The van der Waals surface area contributed by atoms with Crippen LogP contribution < -0.4 is 15.4 Å². The number of amides is 3. The van der Waals surface area contributed by atoms with Gasteiger partial charge in [0.05, 0.1) is 6.61 Å². The Labute approximate surface area is 160 Å². The lowest BCUT2D eigenvalue weighted by atomic mass is 9.87. The molecule has 0 unspecified atom stereocenters. The van der Waals surface area contributed by atoms with Gasteiger partial charge in [-0.1, -0.05) is 32.9 Å². The van der Waals surface area contributed by atoms with Gasteiger partial charge in [-0.05, 0) is 43.4 Å². The third kappa shape index (κ3) is 9.63. The van der Waals surface area contributed by atoms with Crippen molar-refractivity contribution < 1.29 is 23.9 Å². The van der Waals surface area contributed by atoms with E-state index in [1.807, 2.05) is 24.3 Å².